The van der Waals surface area contributed by atoms with E-state index >= 15 is 0 Å². The quantitative estimate of drug-likeness (QED) is 0.497. The summed E-state index contributed by atoms with van der Waals surface area (Å²) in [7, 11) is 0. The van der Waals surface area contributed by atoms with E-state index in [-0.39, 0.29) is 0 Å². The Kier molecular flexibility index (Phi) is 8.98. The Hall–Kier alpha value is -0.500. The Morgan fingerprint density at radius 1 is 0.947 bits per heavy atom. The molecule has 0 aliphatic heterocycles. The summed E-state index contributed by atoms with van der Waals surface area (Å²) in [5, 5.41) is 3.50. The van der Waals surface area contributed by atoms with Gasteiger partial charge in [-0.05, 0) is 37.1 Å². The van der Waals surface area contributed by atoms with Crippen molar-refractivity contribution in [3.8, 4) is 0 Å². The lowest BCUT2D eigenvalue weighted by Gasteiger charge is -2.08. The van der Waals surface area contributed by atoms with Crippen LogP contribution in [0.25, 0.3) is 0 Å². The van der Waals surface area contributed by atoms with Crippen LogP contribution in [-0.2, 0) is 0 Å². The maximum atomic E-state index is 3.53. The lowest BCUT2D eigenvalue weighted by atomic mass is 10.1. The second kappa shape index (κ2) is 10.3. The topological polar surface area (TPSA) is 12.0 Å². The molecule has 0 saturated heterocycles. The molecule has 0 amide bonds. The lowest BCUT2D eigenvalue weighted by Crippen LogP contribution is -2.01. The minimum atomic E-state index is 1.09. The molecule has 1 aromatic rings. The van der Waals surface area contributed by atoms with Gasteiger partial charge in [-0.25, -0.2) is 0 Å². The highest BCUT2D eigenvalue weighted by atomic mass is 79.9. The van der Waals surface area contributed by atoms with Crippen LogP contribution < -0.4 is 5.32 Å². The highest BCUT2D eigenvalue weighted by Gasteiger charge is 1.97. The van der Waals surface area contributed by atoms with Gasteiger partial charge in [-0.2, -0.15) is 0 Å². The van der Waals surface area contributed by atoms with Gasteiger partial charge < -0.3 is 5.32 Å². The van der Waals surface area contributed by atoms with Crippen LogP contribution in [0.1, 0.15) is 63.9 Å². The standard InChI is InChI=1S/C17H28BrN/c1-3-4-5-6-7-8-9-10-13-19-16-11-12-17(18)15(2)14-16/h11-12,14,19H,3-10,13H2,1-2H3. The third kappa shape index (κ3) is 7.61. The van der Waals surface area contributed by atoms with Gasteiger partial charge in [0.2, 0.25) is 0 Å². The van der Waals surface area contributed by atoms with E-state index in [1.807, 2.05) is 0 Å². The zero-order chi connectivity index (χ0) is 13.9. The van der Waals surface area contributed by atoms with Gasteiger partial charge in [-0.15, -0.1) is 0 Å². The number of rotatable bonds is 10. The molecule has 1 N–H and O–H groups in total. The Morgan fingerprint density at radius 2 is 1.58 bits per heavy atom. The van der Waals surface area contributed by atoms with Crippen molar-refractivity contribution < 1.29 is 0 Å². The smallest absolute Gasteiger partial charge is 0.0343 e. The lowest BCUT2D eigenvalue weighted by molar-refractivity contribution is 0.581. The minimum absolute atomic E-state index is 1.09. The van der Waals surface area contributed by atoms with E-state index in [0.29, 0.717) is 0 Å². The van der Waals surface area contributed by atoms with E-state index in [1.54, 1.807) is 0 Å². The second-order valence-electron chi connectivity index (χ2n) is 5.37. The Balaban J connectivity index is 2.00. The Morgan fingerprint density at radius 3 is 2.21 bits per heavy atom. The van der Waals surface area contributed by atoms with Gasteiger partial charge in [0.05, 0.1) is 0 Å². The summed E-state index contributed by atoms with van der Waals surface area (Å²) >= 11 is 3.53. The third-order valence-corrected chi connectivity index (χ3v) is 4.41. The van der Waals surface area contributed by atoms with Crippen LogP contribution in [0.5, 0.6) is 0 Å². The molecule has 1 aromatic carbocycles. The van der Waals surface area contributed by atoms with Crippen molar-refractivity contribution in [2.45, 2.75) is 65.2 Å². The predicted molar refractivity (Wildman–Crippen MR) is 90.0 cm³/mol. The molecule has 0 aliphatic carbocycles. The highest BCUT2D eigenvalue weighted by molar-refractivity contribution is 9.10. The maximum Gasteiger partial charge on any atom is 0.0343 e. The number of hydrogen-bond acceptors (Lipinski definition) is 1. The molecule has 0 fully saturated rings. The normalized spacial score (nSPS) is 10.7. The molecule has 19 heavy (non-hydrogen) atoms. The van der Waals surface area contributed by atoms with E-state index in [9.17, 15) is 0 Å². The van der Waals surface area contributed by atoms with Crippen molar-refractivity contribution in [3.05, 3.63) is 28.2 Å². The molecule has 0 aliphatic rings. The van der Waals surface area contributed by atoms with Gasteiger partial charge in [-0.1, -0.05) is 67.8 Å². The zero-order valence-electron chi connectivity index (χ0n) is 12.5. The fourth-order valence-corrected chi connectivity index (χ4v) is 2.49. The molecule has 0 unspecified atom stereocenters. The van der Waals surface area contributed by atoms with Crippen molar-refractivity contribution in [1.82, 2.24) is 0 Å². The average molecular weight is 326 g/mol. The fourth-order valence-electron chi connectivity index (χ4n) is 2.25. The summed E-state index contributed by atoms with van der Waals surface area (Å²) in [4.78, 5) is 0. The van der Waals surface area contributed by atoms with Crippen LogP contribution in [-0.4, -0.2) is 6.54 Å². The molecule has 2 heteroatoms. The molecule has 0 saturated carbocycles. The monoisotopic (exact) mass is 325 g/mol. The van der Waals surface area contributed by atoms with Crippen molar-refractivity contribution in [2.75, 3.05) is 11.9 Å². The molecular formula is C17H28BrN. The summed E-state index contributed by atoms with van der Waals surface area (Å²) in [6.45, 7) is 5.50. The first kappa shape index (κ1) is 16.6. The van der Waals surface area contributed by atoms with Gasteiger partial charge in [0, 0.05) is 16.7 Å². The van der Waals surface area contributed by atoms with Crippen molar-refractivity contribution in [1.29, 1.82) is 0 Å². The molecule has 0 heterocycles. The van der Waals surface area contributed by atoms with Gasteiger partial charge in [-0.3, -0.25) is 0 Å². The summed E-state index contributed by atoms with van der Waals surface area (Å²) in [6, 6.07) is 6.46. The predicted octanol–water partition coefficient (Wildman–Crippen LogP) is 6.31. The van der Waals surface area contributed by atoms with Crippen LogP contribution in [0.3, 0.4) is 0 Å². The molecular weight excluding hydrogens is 298 g/mol. The first-order chi connectivity index (χ1) is 9.24. The van der Waals surface area contributed by atoms with E-state index in [1.165, 1.54) is 67.1 Å². The summed E-state index contributed by atoms with van der Waals surface area (Å²) in [5.41, 5.74) is 2.53. The first-order valence-corrected chi connectivity index (χ1v) is 8.53. The molecule has 108 valence electrons. The maximum absolute atomic E-state index is 3.53. The summed E-state index contributed by atoms with van der Waals surface area (Å²) in [6.07, 6.45) is 11.0. The molecule has 0 spiro atoms. The van der Waals surface area contributed by atoms with Crippen LogP contribution in [0.4, 0.5) is 5.69 Å². The van der Waals surface area contributed by atoms with Crippen LogP contribution in [0.15, 0.2) is 22.7 Å². The number of anilines is 1. The van der Waals surface area contributed by atoms with Crippen molar-refractivity contribution in [2.24, 2.45) is 0 Å². The number of halogens is 1. The summed E-state index contributed by atoms with van der Waals surface area (Å²) in [5.74, 6) is 0. The van der Waals surface area contributed by atoms with E-state index in [4.69, 9.17) is 0 Å². The average Bonchev–Trinajstić information content (AvgIpc) is 2.41. The second-order valence-corrected chi connectivity index (χ2v) is 6.22. The Labute approximate surface area is 127 Å². The number of nitrogens with one attached hydrogen (secondary N) is 1. The van der Waals surface area contributed by atoms with Gasteiger partial charge >= 0.3 is 0 Å². The third-order valence-electron chi connectivity index (χ3n) is 3.52. The fraction of sp³-hybridized carbons (Fsp3) is 0.647. The molecule has 0 aromatic heterocycles. The van der Waals surface area contributed by atoms with Gasteiger partial charge in [0.1, 0.15) is 0 Å². The molecule has 1 nitrogen and oxygen atoms in total. The molecule has 0 radical (unpaired) electrons. The SMILES string of the molecule is CCCCCCCCCCNc1ccc(Br)c(C)c1. The van der Waals surface area contributed by atoms with Gasteiger partial charge in [0.15, 0.2) is 0 Å². The number of benzene rings is 1. The minimum Gasteiger partial charge on any atom is -0.385 e. The largest absolute Gasteiger partial charge is 0.385 e. The number of aryl methyl sites for hydroxylation is 1. The van der Waals surface area contributed by atoms with Crippen LogP contribution >= 0.6 is 15.9 Å². The first-order valence-electron chi connectivity index (χ1n) is 7.74. The van der Waals surface area contributed by atoms with Crippen LogP contribution in [0, 0.1) is 6.92 Å². The van der Waals surface area contributed by atoms with E-state index < -0.39 is 0 Å². The van der Waals surface area contributed by atoms with Crippen LogP contribution in [0.2, 0.25) is 0 Å². The Bertz CT molecular complexity index is 349. The van der Waals surface area contributed by atoms with E-state index in [0.717, 1.165) is 6.54 Å². The molecule has 0 atom stereocenters. The zero-order valence-corrected chi connectivity index (χ0v) is 14.1. The van der Waals surface area contributed by atoms with Crippen molar-refractivity contribution >= 4 is 21.6 Å². The van der Waals surface area contributed by atoms with Gasteiger partial charge in [0.25, 0.3) is 0 Å². The molecule has 0 bridgehead atoms. The molecule has 1 rings (SSSR count). The highest BCUT2D eigenvalue weighted by Crippen LogP contribution is 2.20. The number of unbranched alkanes of at least 4 members (excludes halogenated alkanes) is 7. The number of hydrogen-bond donors (Lipinski definition) is 1. The summed E-state index contributed by atoms with van der Waals surface area (Å²) < 4.78 is 1.19. The van der Waals surface area contributed by atoms with E-state index in [2.05, 4.69) is 53.3 Å². The van der Waals surface area contributed by atoms with Crippen molar-refractivity contribution in [3.63, 3.8) is 0 Å².